The zero-order valence-corrected chi connectivity index (χ0v) is 19.1. The van der Waals surface area contributed by atoms with E-state index in [0.29, 0.717) is 13.2 Å². The molecule has 1 aromatic heterocycles. The van der Waals surface area contributed by atoms with E-state index >= 15 is 0 Å². The van der Waals surface area contributed by atoms with Gasteiger partial charge in [-0.25, -0.2) is 4.98 Å². The number of fused-ring (bicyclic) bond motifs is 2. The van der Waals surface area contributed by atoms with E-state index < -0.39 is 0 Å². The number of aromatic nitrogens is 1. The van der Waals surface area contributed by atoms with E-state index in [1.165, 1.54) is 15.8 Å². The van der Waals surface area contributed by atoms with Crippen LogP contribution < -0.4 is 10.1 Å². The van der Waals surface area contributed by atoms with E-state index in [1.54, 1.807) is 11.3 Å². The van der Waals surface area contributed by atoms with Crippen molar-refractivity contribution in [1.82, 2.24) is 10.3 Å². The molecule has 2 aliphatic heterocycles. The average molecular weight is 437 g/mol. The summed E-state index contributed by atoms with van der Waals surface area (Å²) in [6.07, 6.45) is 2.28. The Kier molecular flexibility index (Phi) is 5.22. The molecule has 0 bridgehead atoms. The zero-order chi connectivity index (χ0) is 21.6. The van der Waals surface area contributed by atoms with Gasteiger partial charge < -0.3 is 14.8 Å². The first-order valence-corrected chi connectivity index (χ1v) is 11.8. The number of benzene rings is 2. The fourth-order valence-electron chi connectivity index (χ4n) is 4.67. The predicted octanol–water partition coefficient (Wildman–Crippen LogP) is 4.90. The van der Waals surface area contributed by atoms with Gasteiger partial charge in [-0.05, 0) is 62.9 Å². The van der Waals surface area contributed by atoms with Crippen LogP contribution in [-0.4, -0.2) is 35.7 Å². The highest BCUT2D eigenvalue weighted by Gasteiger charge is 2.34. The highest BCUT2D eigenvalue weighted by Crippen LogP contribution is 2.42. The zero-order valence-electron chi connectivity index (χ0n) is 18.2. The van der Waals surface area contributed by atoms with Gasteiger partial charge in [0.05, 0.1) is 27.9 Å². The summed E-state index contributed by atoms with van der Waals surface area (Å²) >= 11 is 1.69. The van der Waals surface area contributed by atoms with Crippen molar-refractivity contribution < 1.29 is 14.3 Å². The fraction of sp³-hybridized carbons (Fsp3) is 0.440. The Hall–Kier alpha value is -2.44. The summed E-state index contributed by atoms with van der Waals surface area (Å²) in [5, 5.41) is 4.11. The first kappa shape index (κ1) is 20.5. The minimum absolute atomic E-state index is 0.00748. The average Bonchev–Trinajstić information content (AvgIpc) is 3.34. The van der Waals surface area contributed by atoms with Gasteiger partial charge >= 0.3 is 0 Å². The molecular weight excluding hydrogens is 408 g/mol. The van der Waals surface area contributed by atoms with E-state index in [1.807, 2.05) is 18.2 Å². The van der Waals surface area contributed by atoms with Crippen molar-refractivity contribution in [3.05, 3.63) is 47.5 Å². The van der Waals surface area contributed by atoms with Gasteiger partial charge in [-0.1, -0.05) is 18.2 Å². The molecule has 2 atom stereocenters. The van der Waals surface area contributed by atoms with Crippen molar-refractivity contribution in [2.45, 2.75) is 51.7 Å². The smallest absolute Gasteiger partial charge is 0.223 e. The molecule has 1 fully saturated rings. The third-order valence-electron chi connectivity index (χ3n) is 6.14. The summed E-state index contributed by atoms with van der Waals surface area (Å²) in [6.45, 7) is 7.37. The van der Waals surface area contributed by atoms with Crippen LogP contribution in [0.25, 0.3) is 20.8 Å². The molecule has 0 radical (unpaired) electrons. The van der Waals surface area contributed by atoms with Gasteiger partial charge in [0, 0.05) is 18.9 Å². The van der Waals surface area contributed by atoms with Crippen molar-refractivity contribution in [3.8, 4) is 16.3 Å². The summed E-state index contributed by atoms with van der Waals surface area (Å²) < 4.78 is 13.3. The fourth-order valence-corrected chi connectivity index (χ4v) is 5.65. The van der Waals surface area contributed by atoms with Crippen LogP contribution in [0.2, 0.25) is 0 Å². The van der Waals surface area contributed by atoms with Gasteiger partial charge in [-0.2, -0.15) is 0 Å². The normalized spacial score (nSPS) is 22.2. The molecule has 5 rings (SSSR count). The van der Waals surface area contributed by atoms with Crippen LogP contribution in [0.4, 0.5) is 0 Å². The topological polar surface area (TPSA) is 60.5 Å². The summed E-state index contributed by atoms with van der Waals surface area (Å²) in [6, 6.07) is 12.5. The van der Waals surface area contributed by atoms with Gasteiger partial charge in [0.1, 0.15) is 16.9 Å². The number of carbonyl (C=O) groups excluding carboxylic acids is 1. The quantitative estimate of drug-likeness (QED) is 0.632. The second kappa shape index (κ2) is 7.92. The molecule has 5 nitrogen and oxygen atoms in total. The number of hydrogen-bond donors (Lipinski definition) is 1. The summed E-state index contributed by atoms with van der Waals surface area (Å²) in [5.74, 6) is 1.03. The van der Waals surface area contributed by atoms with E-state index in [0.717, 1.165) is 41.1 Å². The van der Waals surface area contributed by atoms with Gasteiger partial charge in [-0.15, -0.1) is 11.3 Å². The third kappa shape index (κ3) is 4.19. The third-order valence-corrected chi connectivity index (χ3v) is 7.21. The minimum atomic E-state index is -0.232. The van der Waals surface area contributed by atoms with Crippen molar-refractivity contribution in [2.75, 3.05) is 13.2 Å². The van der Waals surface area contributed by atoms with E-state index in [-0.39, 0.29) is 23.5 Å². The van der Waals surface area contributed by atoms with Crippen LogP contribution in [0.15, 0.2) is 36.4 Å². The van der Waals surface area contributed by atoms with E-state index in [9.17, 15) is 4.79 Å². The van der Waals surface area contributed by atoms with Crippen LogP contribution in [0.5, 0.6) is 5.75 Å². The lowest BCUT2D eigenvalue weighted by molar-refractivity contribution is -0.135. The monoisotopic (exact) mass is 436 g/mol. The standard InChI is InChI=1S/C25H28N2O3S/c1-15-10-17-12-18(14-26-23(28)16-8-9-29-25(2,3)13-16)30-22(17)19(11-15)24-27-20-6-4-5-7-21(20)31-24/h4-7,10-11,16,18H,8-9,12-14H2,1-3H3,(H,26,28)/t16-,18-/m1/s1. The number of ether oxygens (including phenoxy) is 2. The number of thiazole rings is 1. The molecule has 0 aliphatic carbocycles. The summed E-state index contributed by atoms with van der Waals surface area (Å²) in [4.78, 5) is 17.6. The van der Waals surface area contributed by atoms with Crippen LogP contribution in [0.1, 0.15) is 37.8 Å². The van der Waals surface area contributed by atoms with Gasteiger partial charge in [-0.3, -0.25) is 4.79 Å². The van der Waals surface area contributed by atoms with Crippen molar-refractivity contribution >= 4 is 27.5 Å². The molecule has 0 saturated carbocycles. The number of nitrogens with zero attached hydrogens (tertiary/aromatic N) is 1. The van der Waals surface area contributed by atoms with Gasteiger partial charge in [0.25, 0.3) is 0 Å². The lowest BCUT2D eigenvalue weighted by Crippen LogP contribution is -2.43. The number of rotatable bonds is 4. The Balaban J connectivity index is 1.30. The lowest BCUT2D eigenvalue weighted by atomic mass is 9.88. The van der Waals surface area contributed by atoms with Crippen molar-refractivity contribution in [1.29, 1.82) is 0 Å². The Morgan fingerprint density at radius 2 is 2.13 bits per heavy atom. The van der Waals surface area contributed by atoms with Crippen LogP contribution in [-0.2, 0) is 16.0 Å². The molecule has 2 aliphatic rings. The Labute approximate surface area is 186 Å². The highest BCUT2D eigenvalue weighted by atomic mass is 32.1. The van der Waals surface area contributed by atoms with Crippen LogP contribution in [0, 0.1) is 12.8 Å². The summed E-state index contributed by atoms with van der Waals surface area (Å²) in [5.41, 5.74) is 4.23. The molecule has 0 unspecified atom stereocenters. The molecule has 0 spiro atoms. The van der Waals surface area contributed by atoms with Gasteiger partial charge in [0.2, 0.25) is 5.91 Å². The molecule has 162 valence electrons. The predicted molar refractivity (Wildman–Crippen MR) is 124 cm³/mol. The first-order chi connectivity index (χ1) is 14.9. The van der Waals surface area contributed by atoms with Crippen LogP contribution in [0.3, 0.4) is 0 Å². The van der Waals surface area contributed by atoms with Crippen LogP contribution >= 0.6 is 11.3 Å². The van der Waals surface area contributed by atoms with E-state index in [4.69, 9.17) is 14.5 Å². The first-order valence-electron chi connectivity index (χ1n) is 11.0. The Bertz CT molecular complexity index is 1100. The highest BCUT2D eigenvalue weighted by molar-refractivity contribution is 7.21. The minimum Gasteiger partial charge on any atom is -0.487 e. The molecule has 31 heavy (non-hydrogen) atoms. The number of para-hydroxylation sites is 1. The molecule has 6 heteroatoms. The maximum absolute atomic E-state index is 12.7. The summed E-state index contributed by atoms with van der Waals surface area (Å²) in [7, 11) is 0. The maximum Gasteiger partial charge on any atom is 0.223 e. The number of aryl methyl sites for hydroxylation is 1. The Morgan fingerprint density at radius 1 is 1.29 bits per heavy atom. The molecule has 2 aromatic carbocycles. The number of amides is 1. The SMILES string of the molecule is Cc1cc2c(c(-c3nc4ccccc4s3)c1)O[C@@H](CNC(=O)[C@@H]1CCOC(C)(C)C1)C2. The maximum atomic E-state index is 12.7. The number of nitrogens with one attached hydrogen (secondary N) is 1. The Morgan fingerprint density at radius 3 is 2.94 bits per heavy atom. The molecule has 1 amide bonds. The van der Waals surface area contributed by atoms with Gasteiger partial charge in [0.15, 0.2) is 0 Å². The second-order valence-electron chi connectivity index (χ2n) is 9.27. The number of carbonyl (C=O) groups is 1. The largest absolute Gasteiger partial charge is 0.487 e. The second-order valence-corrected chi connectivity index (χ2v) is 10.3. The molecule has 1 saturated heterocycles. The molecular formula is C25H28N2O3S. The molecule has 3 heterocycles. The van der Waals surface area contributed by atoms with Crippen molar-refractivity contribution in [3.63, 3.8) is 0 Å². The van der Waals surface area contributed by atoms with Crippen molar-refractivity contribution in [2.24, 2.45) is 5.92 Å². The molecule has 3 aromatic rings. The lowest BCUT2D eigenvalue weighted by Gasteiger charge is -2.34. The number of hydrogen-bond acceptors (Lipinski definition) is 5. The molecule has 1 N–H and O–H groups in total. The van der Waals surface area contributed by atoms with E-state index in [2.05, 4.69) is 44.3 Å².